The number of carbonyl (C=O) groups excluding carboxylic acids is 1. The lowest BCUT2D eigenvalue weighted by molar-refractivity contribution is -0.135. The largest absolute Gasteiger partial charge is 0.507 e. The predicted octanol–water partition coefficient (Wildman–Crippen LogP) is 4.39. The number of hydrogen-bond donors (Lipinski definition) is 1. The molecule has 4 aromatic rings. The van der Waals surface area contributed by atoms with Gasteiger partial charge in [0.25, 0.3) is 0 Å². The monoisotopic (exact) mass is 472 g/mol. The lowest BCUT2D eigenvalue weighted by Gasteiger charge is -2.27. The van der Waals surface area contributed by atoms with Crippen molar-refractivity contribution in [3.63, 3.8) is 0 Å². The van der Waals surface area contributed by atoms with E-state index in [9.17, 15) is 14.7 Å². The molecule has 8 heteroatoms. The minimum absolute atomic E-state index is 0.0255. The molecule has 2 aliphatic rings. The maximum Gasteiger partial charge on any atom is 0.312 e. The van der Waals surface area contributed by atoms with Crippen molar-refractivity contribution in [2.75, 3.05) is 20.3 Å². The fraction of sp³-hybridized carbons (Fsp3) is 0.185. The molecule has 0 radical (unpaired) electrons. The summed E-state index contributed by atoms with van der Waals surface area (Å²) in [5.74, 6) is 0.781. The van der Waals surface area contributed by atoms with Gasteiger partial charge in [-0.1, -0.05) is 18.2 Å². The lowest BCUT2D eigenvalue weighted by Crippen LogP contribution is -2.22. The summed E-state index contributed by atoms with van der Waals surface area (Å²) in [4.78, 5) is 25.9. The number of aromatic hydroxyl groups is 1. The van der Waals surface area contributed by atoms with Gasteiger partial charge in [-0.05, 0) is 35.4 Å². The second-order valence-corrected chi connectivity index (χ2v) is 8.35. The van der Waals surface area contributed by atoms with Gasteiger partial charge in [-0.15, -0.1) is 0 Å². The van der Waals surface area contributed by atoms with Crippen LogP contribution in [0.3, 0.4) is 0 Å². The molecule has 0 aliphatic carbocycles. The van der Waals surface area contributed by atoms with Gasteiger partial charge < -0.3 is 28.5 Å². The predicted molar refractivity (Wildman–Crippen MR) is 126 cm³/mol. The molecule has 176 valence electrons. The van der Waals surface area contributed by atoms with Gasteiger partial charge in [0.1, 0.15) is 47.7 Å². The van der Waals surface area contributed by atoms with E-state index in [2.05, 4.69) is 0 Å². The fourth-order valence-electron chi connectivity index (χ4n) is 4.66. The highest BCUT2D eigenvalue weighted by Crippen LogP contribution is 2.47. The van der Waals surface area contributed by atoms with E-state index in [4.69, 9.17) is 23.4 Å². The third kappa shape index (κ3) is 3.45. The Bertz CT molecular complexity index is 1530. The molecule has 1 aromatic heterocycles. The normalized spacial score (nSPS) is 16.5. The van der Waals surface area contributed by atoms with E-state index < -0.39 is 17.3 Å². The van der Waals surface area contributed by atoms with Crippen LogP contribution in [0.25, 0.3) is 22.1 Å². The molecule has 35 heavy (non-hydrogen) atoms. The minimum Gasteiger partial charge on any atom is -0.507 e. The van der Waals surface area contributed by atoms with Crippen molar-refractivity contribution in [1.82, 2.24) is 0 Å². The Labute approximate surface area is 199 Å². The molecule has 1 atom stereocenters. The van der Waals surface area contributed by atoms with Gasteiger partial charge in [0.15, 0.2) is 11.5 Å². The van der Waals surface area contributed by atoms with Gasteiger partial charge in [0.2, 0.25) is 5.43 Å². The van der Waals surface area contributed by atoms with Crippen LogP contribution in [0.4, 0.5) is 0 Å². The molecule has 0 spiro atoms. The van der Waals surface area contributed by atoms with E-state index in [1.54, 1.807) is 37.4 Å². The van der Waals surface area contributed by atoms with Gasteiger partial charge >= 0.3 is 5.97 Å². The maximum absolute atomic E-state index is 13.5. The van der Waals surface area contributed by atoms with Crippen LogP contribution in [0.5, 0.6) is 28.7 Å². The zero-order valence-corrected chi connectivity index (χ0v) is 18.7. The molecule has 1 unspecified atom stereocenters. The topological polar surface area (TPSA) is 104 Å². The van der Waals surface area contributed by atoms with Crippen LogP contribution >= 0.6 is 0 Å². The summed E-state index contributed by atoms with van der Waals surface area (Å²) in [6, 6.07) is 13.7. The third-order valence-electron chi connectivity index (χ3n) is 6.34. The molecule has 0 saturated carbocycles. The lowest BCUT2D eigenvalue weighted by atomic mass is 9.84. The average molecular weight is 472 g/mol. The summed E-state index contributed by atoms with van der Waals surface area (Å²) >= 11 is 0. The highest BCUT2D eigenvalue weighted by atomic mass is 16.6. The summed E-state index contributed by atoms with van der Waals surface area (Å²) in [6.07, 6.45) is 1.40. The summed E-state index contributed by atoms with van der Waals surface area (Å²) in [6.45, 7) is 0.899. The highest BCUT2D eigenvalue weighted by Gasteiger charge is 2.34. The first-order valence-corrected chi connectivity index (χ1v) is 11.1. The van der Waals surface area contributed by atoms with Crippen molar-refractivity contribution in [1.29, 1.82) is 0 Å². The number of fused-ring (bicyclic) bond motifs is 4. The minimum atomic E-state index is -0.472. The number of hydrogen-bond acceptors (Lipinski definition) is 8. The Balaban J connectivity index is 1.54. The molecular weight excluding hydrogens is 452 g/mol. The third-order valence-corrected chi connectivity index (χ3v) is 6.34. The first kappa shape index (κ1) is 21.1. The maximum atomic E-state index is 13.5. The number of phenols is 1. The smallest absolute Gasteiger partial charge is 0.312 e. The SMILES string of the molecule is COc1ccc(-c2coc3c4c(cc(O)c3c2=O)OC(=O)CC4c2ccc3c(c2)OCCO3)cc1. The number of esters is 1. The Kier molecular flexibility index (Phi) is 4.88. The van der Waals surface area contributed by atoms with Crippen LogP contribution in [-0.2, 0) is 4.79 Å². The number of methoxy groups -OCH3 is 1. The zero-order valence-electron chi connectivity index (χ0n) is 18.7. The Morgan fingerprint density at radius 2 is 1.71 bits per heavy atom. The van der Waals surface area contributed by atoms with Crippen LogP contribution in [0.15, 0.2) is 64.0 Å². The van der Waals surface area contributed by atoms with Gasteiger partial charge in [0, 0.05) is 17.5 Å². The highest BCUT2D eigenvalue weighted by molar-refractivity contribution is 5.94. The Morgan fingerprint density at radius 1 is 0.943 bits per heavy atom. The molecule has 3 aromatic carbocycles. The van der Waals surface area contributed by atoms with E-state index >= 15 is 0 Å². The van der Waals surface area contributed by atoms with Crippen LogP contribution in [-0.4, -0.2) is 31.4 Å². The van der Waals surface area contributed by atoms with Crippen molar-refractivity contribution in [3.05, 3.63) is 76.1 Å². The van der Waals surface area contributed by atoms with Crippen LogP contribution < -0.4 is 24.4 Å². The molecular formula is C27H20O8. The van der Waals surface area contributed by atoms with E-state index in [-0.39, 0.29) is 28.9 Å². The van der Waals surface area contributed by atoms with Crippen LogP contribution in [0, 0.1) is 0 Å². The van der Waals surface area contributed by atoms with Crippen molar-refractivity contribution >= 4 is 16.9 Å². The summed E-state index contributed by atoms with van der Waals surface area (Å²) in [5, 5.41) is 10.8. The molecule has 0 fully saturated rings. The molecule has 2 aliphatic heterocycles. The summed E-state index contributed by atoms with van der Waals surface area (Å²) in [5.41, 5.74) is 1.99. The Hall–Kier alpha value is -4.46. The molecule has 6 rings (SSSR count). The van der Waals surface area contributed by atoms with Gasteiger partial charge in [-0.2, -0.15) is 0 Å². The first-order valence-electron chi connectivity index (χ1n) is 11.1. The number of rotatable bonds is 3. The molecule has 1 N–H and O–H groups in total. The first-order chi connectivity index (χ1) is 17.0. The van der Waals surface area contributed by atoms with Crippen LogP contribution in [0.2, 0.25) is 0 Å². The average Bonchev–Trinajstić information content (AvgIpc) is 2.88. The summed E-state index contributed by atoms with van der Waals surface area (Å²) in [7, 11) is 1.56. The standard InChI is InChI=1S/C27H20O8/c1-31-16-5-2-14(3-6-16)18-13-34-27-24-17(15-4-7-20-21(10-15)33-9-8-32-20)11-23(29)35-22(24)12-19(28)25(27)26(18)30/h2-7,10,12-13,17,28H,8-9,11H2,1H3. The molecule has 0 bridgehead atoms. The van der Waals surface area contributed by atoms with Gasteiger partial charge in [0.05, 0.1) is 19.1 Å². The van der Waals surface area contributed by atoms with Crippen LogP contribution in [0.1, 0.15) is 23.5 Å². The van der Waals surface area contributed by atoms with Crippen molar-refractivity contribution in [3.8, 4) is 39.9 Å². The molecule has 8 nitrogen and oxygen atoms in total. The van der Waals surface area contributed by atoms with E-state index in [1.165, 1.54) is 12.3 Å². The number of benzene rings is 3. The van der Waals surface area contributed by atoms with Crippen molar-refractivity contribution in [2.45, 2.75) is 12.3 Å². The zero-order chi connectivity index (χ0) is 24.1. The molecule has 0 amide bonds. The number of carbonyl (C=O) groups is 1. The quantitative estimate of drug-likeness (QED) is 0.346. The summed E-state index contributed by atoms with van der Waals surface area (Å²) < 4.78 is 27.9. The number of phenolic OH excluding ortho intramolecular Hbond substituents is 1. The van der Waals surface area contributed by atoms with E-state index in [1.807, 2.05) is 12.1 Å². The number of ether oxygens (including phenoxy) is 4. The fourth-order valence-corrected chi connectivity index (χ4v) is 4.66. The van der Waals surface area contributed by atoms with E-state index in [0.29, 0.717) is 47.2 Å². The Morgan fingerprint density at radius 3 is 2.49 bits per heavy atom. The van der Waals surface area contributed by atoms with E-state index in [0.717, 1.165) is 5.56 Å². The van der Waals surface area contributed by atoms with Gasteiger partial charge in [-0.3, -0.25) is 9.59 Å². The van der Waals surface area contributed by atoms with Gasteiger partial charge in [-0.25, -0.2) is 0 Å². The molecule has 3 heterocycles. The second-order valence-electron chi connectivity index (χ2n) is 8.35. The van der Waals surface area contributed by atoms with Crippen molar-refractivity contribution in [2.24, 2.45) is 0 Å². The second kappa shape index (κ2) is 8.09. The van der Waals surface area contributed by atoms with Crippen molar-refractivity contribution < 1.29 is 33.3 Å². The molecule has 0 saturated heterocycles.